The van der Waals surface area contributed by atoms with E-state index in [-0.39, 0.29) is 11.7 Å². The first-order chi connectivity index (χ1) is 10.0. The molecule has 2 rings (SSSR count). The van der Waals surface area contributed by atoms with E-state index in [4.69, 9.17) is 10.5 Å². The maximum Gasteiger partial charge on any atom is 0.242 e. The number of thiophene rings is 1. The van der Waals surface area contributed by atoms with E-state index in [9.17, 15) is 9.18 Å². The standard InChI is InChI=1S/C15H17FN2O2S/c1-9(11-8-10(16)5-6-12(11)20-2)18-15(19)14(17)13-4-3-7-21-13/h3-9,14H,17H2,1-2H3,(H,18,19). The first kappa shape index (κ1) is 15.5. The molecule has 2 aromatic rings. The van der Waals surface area contributed by atoms with E-state index < -0.39 is 12.1 Å². The zero-order chi connectivity index (χ0) is 15.4. The number of carbonyl (C=O) groups is 1. The van der Waals surface area contributed by atoms with Crippen molar-refractivity contribution in [3.8, 4) is 5.75 Å². The van der Waals surface area contributed by atoms with Crippen LogP contribution >= 0.6 is 11.3 Å². The highest BCUT2D eigenvalue weighted by atomic mass is 32.1. The molecule has 2 atom stereocenters. The van der Waals surface area contributed by atoms with Gasteiger partial charge in [0.1, 0.15) is 17.6 Å². The quantitative estimate of drug-likeness (QED) is 0.892. The minimum atomic E-state index is -0.730. The van der Waals surface area contributed by atoms with E-state index in [1.807, 2.05) is 17.5 Å². The SMILES string of the molecule is COc1ccc(F)cc1C(C)NC(=O)C(N)c1cccs1. The fourth-order valence-electron chi connectivity index (χ4n) is 2.02. The third-order valence-electron chi connectivity index (χ3n) is 3.15. The molecule has 0 spiro atoms. The second kappa shape index (κ2) is 6.69. The second-order valence-electron chi connectivity index (χ2n) is 4.61. The van der Waals surface area contributed by atoms with E-state index >= 15 is 0 Å². The highest BCUT2D eigenvalue weighted by molar-refractivity contribution is 7.10. The molecule has 1 amide bonds. The number of ether oxygens (including phenoxy) is 1. The summed E-state index contributed by atoms with van der Waals surface area (Å²) in [7, 11) is 1.50. The molecule has 0 bridgehead atoms. The lowest BCUT2D eigenvalue weighted by Crippen LogP contribution is -2.35. The number of carbonyl (C=O) groups excluding carboxylic acids is 1. The third kappa shape index (κ3) is 3.59. The molecule has 0 radical (unpaired) electrons. The van der Waals surface area contributed by atoms with Crippen LogP contribution in [0.15, 0.2) is 35.7 Å². The molecule has 1 heterocycles. The topological polar surface area (TPSA) is 64.3 Å². The summed E-state index contributed by atoms with van der Waals surface area (Å²) in [4.78, 5) is 12.9. The van der Waals surface area contributed by atoms with Crippen LogP contribution < -0.4 is 15.8 Å². The Kier molecular flexibility index (Phi) is 4.93. The van der Waals surface area contributed by atoms with Gasteiger partial charge in [0, 0.05) is 10.4 Å². The molecule has 0 saturated carbocycles. The molecule has 2 unspecified atom stereocenters. The van der Waals surface area contributed by atoms with E-state index in [1.54, 1.807) is 6.92 Å². The van der Waals surface area contributed by atoms with Crippen molar-refractivity contribution in [1.29, 1.82) is 0 Å². The Morgan fingerprint density at radius 2 is 2.19 bits per heavy atom. The summed E-state index contributed by atoms with van der Waals surface area (Å²) in [5.41, 5.74) is 6.48. The summed E-state index contributed by atoms with van der Waals surface area (Å²) >= 11 is 1.42. The minimum Gasteiger partial charge on any atom is -0.496 e. The van der Waals surface area contributed by atoms with Crippen molar-refractivity contribution < 1.29 is 13.9 Å². The number of benzene rings is 1. The monoisotopic (exact) mass is 308 g/mol. The Bertz CT molecular complexity index is 616. The van der Waals surface area contributed by atoms with Crippen LogP contribution in [0.3, 0.4) is 0 Å². The molecule has 1 aromatic carbocycles. The van der Waals surface area contributed by atoms with Gasteiger partial charge >= 0.3 is 0 Å². The third-order valence-corrected chi connectivity index (χ3v) is 4.10. The molecule has 0 aliphatic heterocycles. The molecule has 112 valence electrons. The summed E-state index contributed by atoms with van der Waals surface area (Å²) in [6, 6.07) is 6.71. The molecular weight excluding hydrogens is 291 g/mol. The normalized spacial score (nSPS) is 13.5. The number of nitrogens with two attached hydrogens (primary N) is 1. The van der Waals surface area contributed by atoms with Crippen molar-refractivity contribution in [2.75, 3.05) is 7.11 Å². The van der Waals surface area contributed by atoms with Gasteiger partial charge in [-0.25, -0.2) is 4.39 Å². The van der Waals surface area contributed by atoms with Gasteiger partial charge in [0.15, 0.2) is 0 Å². The number of nitrogens with one attached hydrogen (secondary N) is 1. The second-order valence-corrected chi connectivity index (χ2v) is 5.59. The van der Waals surface area contributed by atoms with Crippen molar-refractivity contribution in [1.82, 2.24) is 5.32 Å². The lowest BCUT2D eigenvalue weighted by Gasteiger charge is -2.19. The van der Waals surface area contributed by atoms with Crippen molar-refractivity contribution in [2.24, 2.45) is 5.73 Å². The van der Waals surface area contributed by atoms with Gasteiger partial charge in [-0.05, 0) is 36.6 Å². The van der Waals surface area contributed by atoms with Gasteiger partial charge in [-0.1, -0.05) is 6.07 Å². The van der Waals surface area contributed by atoms with Gasteiger partial charge in [-0.15, -0.1) is 11.3 Å². The maximum absolute atomic E-state index is 13.4. The molecule has 0 saturated heterocycles. The Balaban J connectivity index is 2.12. The highest BCUT2D eigenvalue weighted by Crippen LogP contribution is 2.26. The first-order valence-electron chi connectivity index (χ1n) is 6.45. The molecule has 6 heteroatoms. The number of hydrogen-bond acceptors (Lipinski definition) is 4. The van der Waals surface area contributed by atoms with Crippen LogP contribution in [0.4, 0.5) is 4.39 Å². The minimum absolute atomic E-state index is 0.309. The van der Waals surface area contributed by atoms with Crippen molar-refractivity contribution in [2.45, 2.75) is 19.0 Å². The number of halogens is 1. The van der Waals surface area contributed by atoms with E-state index in [2.05, 4.69) is 5.32 Å². The van der Waals surface area contributed by atoms with Gasteiger partial charge in [0.05, 0.1) is 13.2 Å². The molecule has 3 N–H and O–H groups in total. The average molecular weight is 308 g/mol. The van der Waals surface area contributed by atoms with Gasteiger partial charge in [-0.2, -0.15) is 0 Å². The summed E-state index contributed by atoms with van der Waals surface area (Å²) in [6.07, 6.45) is 0. The number of hydrogen-bond donors (Lipinski definition) is 2. The Morgan fingerprint density at radius 1 is 1.43 bits per heavy atom. The fourth-order valence-corrected chi connectivity index (χ4v) is 2.75. The zero-order valence-electron chi connectivity index (χ0n) is 11.8. The molecule has 4 nitrogen and oxygen atoms in total. The fraction of sp³-hybridized carbons (Fsp3) is 0.267. The predicted molar refractivity (Wildman–Crippen MR) is 80.8 cm³/mol. The van der Waals surface area contributed by atoms with Crippen molar-refractivity contribution >= 4 is 17.2 Å². The summed E-state index contributed by atoms with van der Waals surface area (Å²) in [5.74, 6) is -0.167. The van der Waals surface area contributed by atoms with Crippen LogP contribution in [-0.4, -0.2) is 13.0 Å². The smallest absolute Gasteiger partial charge is 0.242 e. The van der Waals surface area contributed by atoms with Crippen LogP contribution in [0.1, 0.15) is 29.4 Å². The molecule has 0 aliphatic rings. The predicted octanol–water partition coefficient (Wildman–Crippen LogP) is 2.77. The molecule has 21 heavy (non-hydrogen) atoms. The van der Waals surface area contributed by atoms with Crippen LogP contribution in [0, 0.1) is 5.82 Å². The lowest BCUT2D eigenvalue weighted by atomic mass is 10.1. The molecular formula is C15H17FN2O2S. The molecule has 0 aliphatic carbocycles. The van der Waals surface area contributed by atoms with E-state index in [1.165, 1.54) is 36.6 Å². The summed E-state index contributed by atoms with van der Waals surface area (Å²) in [5, 5.41) is 4.64. The van der Waals surface area contributed by atoms with Crippen molar-refractivity contribution in [3.63, 3.8) is 0 Å². The van der Waals surface area contributed by atoms with Crippen LogP contribution in [0.5, 0.6) is 5.75 Å². The van der Waals surface area contributed by atoms with Gasteiger partial charge in [0.25, 0.3) is 0 Å². The zero-order valence-corrected chi connectivity index (χ0v) is 12.6. The Morgan fingerprint density at radius 3 is 2.81 bits per heavy atom. The highest BCUT2D eigenvalue weighted by Gasteiger charge is 2.21. The van der Waals surface area contributed by atoms with Gasteiger partial charge in [-0.3, -0.25) is 4.79 Å². The first-order valence-corrected chi connectivity index (χ1v) is 7.33. The Labute approximate surface area is 126 Å². The number of amides is 1. The molecule has 1 aromatic heterocycles. The lowest BCUT2D eigenvalue weighted by molar-refractivity contribution is -0.123. The van der Waals surface area contributed by atoms with Crippen LogP contribution in [0.2, 0.25) is 0 Å². The maximum atomic E-state index is 13.4. The van der Waals surface area contributed by atoms with Crippen LogP contribution in [0.25, 0.3) is 0 Å². The number of methoxy groups -OCH3 is 1. The summed E-state index contributed by atoms with van der Waals surface area (Å²) in [6.45, 7) is 1.76. The van der Waals surface area contributed by atoms with Crippen LogP contribution in [-0.2, 0) is 4.79 Å². The number of rotatable bonds is 5. The van der Waals surface area contributed by atoms with E-state index in [0.29, 0.717) is 11.3 Å². The molecule has 0 fully saturated rings. The van der Waals surface area contributed by atoms with E-state index in [0.717, 1.165) is 4.88 Å². The largest absolute Gasteiger partial charge is 0.496 e. The summed E-state index contributed by atoms with van der Waals surface area (Å²) < 4.78 is 18.6. The average Bonchev–Trinajstić information content (AvgIpc) is 3.00. The van der Waals surface area contributed by atoms with Gasteiger partial charge in [0.2, 0.25) is 5.91 Å². The Hall–Kier alpha value is -1.92. The van der Waals surface area contributed by atoms with Gasteiger partial charge < -0.3 is 15.8 Å². The van der Waals surface area contributed by atoms with Crippen molar-refractivity contribution in [3.05, 3.63) is 52.0 Å².